The average molecular weight is 513 g/mol. The summed E-state index contributed by atoms with van der Waals surface area (Å²) in [6.07, 6.45) is -8.24. The van der Waals surface area contributed by atoms with Gasteiger partial charge in [0, 0.05) is 0 Å². The van der Waals surface area contributed by atoms with Crippen LogP contribution < -0.4 is 5.32 Å². The van der Waals surface area contributed by atoms with Gasteiger partial charge in [0.2, 0.25) is 5.91 Å². The van der Waals surface area contributed by atoms with Crippen LogP contribution in [-0.2, 0) is 9.53 Å². The molecule has 1 unspecified atom stereocenters. The Labute approximate surface area is 206 Å². The van der Waals surface area contributed by atoms with Gasteiger partial charge in [0.05, 0.1) is 25.2 Å². The lowest BCUT2D eigenvalue weighted by Gasteiger charge is -2.33. The molecular weight excluding hydrogens is 483 g/mol. The highest BCUT2D eigenvalue weighted by Crippen LogP contribution is 2.36. The lowest BCUT2D eigenvalue weighted by Crippen LogP contribution is -2.54. The van der Waals surface area contributed by atoms with E-state index >= 15 is 0 Å². The van der Waals surface area contributed by atoms with Gasteiger partial charge in [-0.2, -0.15) is 13.2 Å². The number of likely N-dealkylation sites (tertiary alicyclic amines) is 1. The van der Waals surface area contributed by atoms with Gasteiger partial charge in [0.1, 0.15) is 30.2 Å². The van der Waals surface area contributed by atoms with Gasteiger partial charge in [0.25, 0.3) is 0 Å². The number of hydrogen-bond acceptors (Lipinski definition) is 4. The molecule has 6 atom stereocenters. The van der Waals surface area contributed by atoms with Gasteiger partial charge in [-0.3, -0.25) is 10.1 Å². The summed E-state index contributed by atoms with van der Waals surface area (Å²) in [5, 5.41) is 12.7. The summed E-state index contributed by atoms with van der Waals surface area (Å²) in [4.78, 5) is 14.5. The number of benzene rings is 2. The largest absolute Gasteiger partial charge is 0.407 e. The SMILES string of the molecule is CC(C)CC(N[C@@H](c1ccc(-c2ccc(F)cc2)cc1)C(F)(F)F)C(=O)N1C[C@H](F)[C@H]2OC[C@H](O)[C@H]21. The number of aliphatic hydroxyl groups excluding tert-OH is 1. The Balaban J connectivity index is 1.59. The molecule has 1 amide bonds. The van der Waals surface area contributed by atoms with Gasteiger partial charge in [-0.25, -0.2) is 8.78 Å². The number of halogens is 5. The van der Waals surface area contributed by atoms with Crippen molar-refractivity contribution in [2.24, 2.45) is 5.92 Å². The second-order valence-corrected chi connectivity index (χ2v) is 9.81. The van der Waals surface area contributed by atoms with E-state index in [1.54, 1.807) is 13.8 Å². The van der Waals surface area contributed by atoms with Crippen molar-refractivity contribution in [3.05, 3.63) is 59.9 Å². The highest BCUT2D eigenvalue weighted by Gasteiger charge is 2.54. The monoisotopic (exact) mass is 512 g/mol. The maximum atomic E-state index is 14.5. The minimum absolute atomic E-state index is 0.0842. The molecule has 2 aromatic carbocycles. The zero-order valence-corrected chi connectivity index (χ0v) is 19.9. The summed E-state index contributed by atoms with van der Waals surface area (Å²) in [7, 11) is 0. The average Bonchev–Trinajstić information content (AvgIpc) is 3.36. The second kappa shape index (κ2) is 10.4. The molecule has 36 heavy (non-hydrogen) atoms. The van der Waals surface area contributed by atoms with Crippen LogP contribution in [0.15, 0.2) is 48.5 Å². The predicted molar refractivity (Wildman–Crippen MR) is 123 cm³/mol. The predicted octanol–water partition coefficient (Wildman–Crippen LogP) is 4.41. The van der Waals surface area contributed by atoms with Gasteiger partial charge >= 0.3 is 6.18 Å². The topological polar surface area (TPSA) is 61.8 Å². The number of aliphatic hydroxyl groups is 1. The van der Waals surface area contributed by atoms with E-state index in [4.69, 9.17) is 4.74 Å². The number of carbonyl (C=O) groups is 1. The molecule has 10 heteroatoms. The van der Waals surface area contributed by atoms with Crippen LogP contribution >= 0.6 is 0 Å². The summed E-state index contributed by atoms with van der Waals surface area (Å²) >= 11 is 0. The number of alkyl halides is 4. The molecule has 0 saturated carbocycles. The first-order valence-electron chi connectivity index (χ1n) is 11.9. The number of nitrogens with one attached hydrogen (secondary N) is 1. The van der Waals surface area contributed by atoms with Crippen molar-refractivity contribution in [1.29, 1.82) is 0 Å². The van der Waals surface area contributed by atoms with Crippen LogP contribution in [0.25, 0.3) is 11.1 Å². The zero-order chi connectivity index (χ0) is 26.2. The molecule has 2 aliphatic rings. The number of ether oxygens (including phenoxy) is 1. The minimum Gasteiger partial charge on any atom is -0.388 e. The van der Waals surface area contributed by atoms with Gasteiger partial charge < -0.3 is 14.7 Å². The van der Waals surface area contributed by atoms with Gasteiger partial charge in [0.15, 0.2) is 0 Å². The van der Waals surface area contributed by atoms with E-state index in [0.29, 0.717) is 11.1 Å². The van der Waals surface area contributed by atoms with E-state index in [1.807, 2.05) is 0 Å². The summed E-state index contributed by atoms with van der Waals surface area (Å²) in [5.74, 6) is -1.25. The molecule has 2 heterocycles. The molecule has 2 aromatic rings. The van der Waals surface area contributed by atoms with E-state index < -0.39 is 54.4 Å². The molecule has 2 saturated heterocycles. The summed E-state index contributed by atoms with van der Waals surface area (Å²) in [6, 6.07) is 6.91. The van der Waals surface area contributed by atoms with Crippen LogP contribution in [0.5, 0.6) is 0 Å². The second-order valence-electron chi connectivity index (χ2n) is 9.81. The zero-order valence-electron chi connectivity index (χ0n) is 19.9. The van der Waals surface area contributed by atoms with Crippen molar-refractivity contribution < 1.29 is 36.6 Å². The Morgan fingerprint density at radius 2 is 1.69 bits per heavy atom. The number of hydrogen-bond donors (Lipinski definition) is 2. The maximum absolute atomic E-state index is 14.5. The fraction of sp³-hybridized carbons (Fsp3) is 0.500. The number of rotatable bonds is 7. The van der Waals surface area contributed by atoms with E-state index in [2.05, 4.69) is 5.32 Å². The summed E-state index contributed by atoms with van der Waals surface area (Å²) in [5.41, 5.74) is 1.16. The molecule has 0 aliphatic carbocycles. The normalized spacial score (nSPS) is 25.8. The lowest BCUT2D eigenvalue weighted by molar-refractivity contribution is -0.163. The Morgan fingerprint density at radius 1 is 1.11 bits per heavy atom. The molecule has 5 nitrogen and oxygen atoms in total. The van der Waals surface area contributed by atoms with Crippen LogP contribution in [0.1, 0.15) is 31.9 Å². The van der Waals surface area contributed by atoms with Crippen molar-refractivity contribution in [3.63, 3.8) is 0 Å². The van der Waals surface area contributed by atoms with Crippen LogP contribution in [0.2, 0.25) is 0 Å². The highest BCUT2D eigenvalue weighted by atomic mass is 19.4. The van der Waals surface area contributed by atoms with E-state index in [9.17, 15) is 31.9 Å². The number of nitrogens with zero attached hydrogens (tertiary/aromatic N) is 1. The standard InChI is InChI=1S/C26H29F5N2O3/c1-14(2)11-20(25(35)33-12-19(28)23-22(33)21(34)13-36-23)32-24(26(29,30)31)17-5-3-15(4-6-17)16-7-9-18(27)10-8-16/h3-10,14,19-24,32,34H,11-13H2,1-2H3/t19-,20?,21-,22+,23+,24-/m0/s1. The first-order chi connectivity index (χ1) is 17.0. The van der Waals surface area contributed by atoms with Crippen molar-refractivity contribution in [1.82, 2.24) is 10.2 Å². The number of amides is 1. The molecule has 2 N–H and O–H groups in total. The summed E-state index contributed by atoms with van der Waals surface area (Å²) in [6.45, 7) is 3.08. The smallest absolute Gasteiger partial charge is 0.388 e. The summed E-state index contributed by atoms with van der Waals surface area (Å²) < 4.78 is 75.5. The Kier molecular flexibility index (Phi) is 7.68. The first kappa shape index (κ1) is 26.5. The molecule has 0 aromatic heterocycles. The highest BCUT2D eigenvalue weighted by molar-refractivity contribution is 5.83. The van der Waals surface area contributed by atoms with Crippen LogP contribution in [0.3, 0.4) is 0 Å². The Hall–Kier alpha value is -2.56. The molecule has 196 valence electrons. The maximum Gasteiger partial charge on any atom is 0.407 e. The molecule has 2 fully saturated rings. The van der Waals surface area contributed by atoms with Crippen molar-refractivity contribution >= 4 is 5.91 Å². The van der Waals surface area contributed by atoms with Crippen molar-refractivity contribution in [2.75, 3.05) is 13.2 Å². The van der Waals surface area contributed by atoms with Crippen LogP contribution in [-0.4, -0.2) is 65.7 Å². The third-order valence-corrected chi connectivity index (χ3v) is 6.68. The molecule has 0 bridgehead atoms. The fourth-order valence-corrected chi connectivity index (χ4v) is 4.98. The van der Waals surface area contributed by atoms with E-state index in [0.717, 1.165) is 4.90 Å². The van der Waals surface area contributed by atoms with Crippen LogP contribution in [0.4, 0.5) is 22.0 Å². The minimum atomic E-state index is -4.72. The molecular formula is C26H29F5N2O3. The third-order valence-electron chi connectivity index (χ3n) is 6.68. The molecule has 0 radical (unpaired) electrons. The molecule has 2 aliphatic heterocycles. The number of fused-ring (bicyclic) bond motifs is 1. The number of carbonyl (C=O) groups excluding carboxylic acids is 1. The fourth-order valence-electron chi connectivity index (χ4n) is 4.98. The Bertz CT molecular complexity index is 1050. The Morgan fingerprint density at radius 3 is 2.25 bits per heavy atom. The van der Waals surface area contributed by atoms with Gasteiger partial charge in [-0.15, -0.1) is 0 Å². The first-order valence-corrected chi connectivity index (χ1v) is 11.9. The lowest BCUT2D eigenvalue weighted by atomic mass is 9.97. The van der Waals surface area contributed by atoms with E-state index in [-0.39, 0.29) is 31.1 Å². The molecule has 4 rings (SSSR count). The van der Waals surface area contributed by atoms with Crippen molar-refractivity contribution in [3.8, 4) is 11.1 Å². The van der Waals surface area contributed by atoms with E-state index in [1.165, 1.54) is 48.5 Å². The third kappa shape index (κ3) is 5.55. The molecule has 0 spiro atoms. The van der Waals surface area contributed by atoms with Crippen molar-refractivity contribution in [2.45, 2.75) is 62.9 Å². The van der Waals surface area contributed by atoms with Crippen LogP contribution in [0, 0.1) is 11.7 Å². The van der Waals surface area contributed by atoms with Gasteiger partial charge in [-0.1, -0.05) is 50.2 Å². The quantitative estimate of drug-likeness (QED) is 0.540. The van der Waals surface area contributed by atoms with Gasteiger partial charge in [-0.05, 0) is 41.2 Å².